The summed E-state index contributed by atoms with van der Waals surface area (Å²) >= 11 is 0. The quantitative estimate of drug-likeness (QED) is 0.797. The fraction of sp³-hybridized carbons (Fsp3) is 0.250. The molecule has 0 fully saturated rings. The van der Waals surface area contributed by atoms with Crippen molar-refractivity contribution in [1.82, 2.24) is 0 Å². The molecule has 0 saturated carbocycles. The summed E-state index contributed by atoms with van der Waals surface area (Å²) in [7, 11) is -2.00. The Morgan fingerprint density at radius 1 is 1.20 bits per heavy atom. The number of halogens is 3. The molecule has 0 amide bonds. The number of alkyl halides is 3. The van der Waals surface area contributed by atoms with Crippen molar-refractivity contribution < 1.29 is 21.6 Å². The zero-order chi connectivity index (χ0) is 11.6. The molecule has 0 radical (unpaired) electrons. The van der Waals surface area contributed by atoms with Crippen LogP contribution in [0, 0.1) is 0 Å². The first-order valence-electron chi connectivity index (χ1n) is 3.88. The topological polar surface area (TPSA) is 37.4 Å². The lowest BCUT2D eigenvalue weighted by Gasteiger charge is -2.17. The third-order valence-corrected chi connectivity index (χ3v) is 2.51. The molecule has 15 heavy (non-hydrogen) atoms. The van der Waals surface area contributed by atoms with E-state index in [9.17, 15) is 21.6 Å². The van der Waals surface area contributed by atoms with E-state index < -0.39 is 22.6 Å². The molecular weight excluding hydrogens is 231 g/mol. The van der Waals surface area contributed by atoms with Crippen LogP contribution in [-0.4, -0.2) is 15.5 Å². The average Bonchev–Trinajstić information content (AvgIpc) is 2.15. The van der Waals surface area contributed by atoms with Gasteiger partial charge in [0.15, 0.2) is 0 Å². The van der Waals surface area contributed by atoms with E-state index in [4.69, 9.17) is 0 Å². The number of hydrogen-bond acceptors (Lipinski definition) is 2. The maximum atomic E-state index is 12.4. The van der Waals surface area contributed by atoms with E-state index in [1.807, 2.05) is 0 Å². The summed E-state index contributed by atoms with van der Waals surface area (Å²) in [6, 6.07) is 4.50. The maximum Gasteiger partial charge on any atom is 0.418 e. The number of nitrogens with zero attached hydrogens (tertiary/aromatic N) is 1. The van der Waals surface area contributed by atoms with Gasteiger partial charge in [-0.3, -0.25) is 4.31 Å². The van der Waals surface area contributed by atoms with E-state index in [1.165, 1.54) is 12.1 Å². The Morgan fingerprint density at radius 2 is 1.73 bits per heavy atom. The van der Waals surface area contributed by atoms with Gasteiger partial charge in [0, 0.05) is 7.05 Å². The third-order valence-electron chi connectivity index (χ3n) is 1.80. The van der Waals surface area contributed by atoms with Gasteiger partial charge in [-0.15, -0.1) is 0 Å². The maximum absolute atomic E-state index is 12.4. The van der Waals surface area contributed by atoms with E-state index in [2.05, 4.69) is 0 Å². The second-order valence-electron chi connectivity index (χ2n) is 2.78. The van der Waals surface area contributed by atoms with E-state index in [-0.39, 0.29) is 5.69 Å². The van der Waals surface area contributed by atoms with Gasteiger partial charge in [0.2, 0.25) is 10.9 Å². The average molecular weight is 239 g/mol. The second-order valence-corrected chi connectivity index (χ2v) is 3.85. The van der Waals surface area contributed by atoms with Crippen molar-refractivity contribution in [2.45, 2.75) is 6.18 Å². The smallest absolute Gasteiger partial charge is 0.275 e. The van der Waals surface area contributed by atoms with E-state index >= 15 is 0 Å². The molecule has 0 N–H and O–H groups in total. The van der Waals surface area contributed by atoms with Crippen molar-refractivity contribution in [1.29, 1.82) is 0 Å². The van der Waals surface area contributed by atoms with E-state index in [1.54, 1.807) is 0 Å². The first kappa shape index (κ1) is 11.8. The van der Waals surface area contributed by atoms with Crippen LogP contribution in [-0.2, 0) is 17.1 Å². The fourth-order valence-electron chi connectivity index (χ4n) is 1.08. The van der Waals surface area contributed by atoms with Gasteiger partial charge in [-0.25, -0.2) is 8.42 Å². The normalized spacial score (nSPS) is 11.8. The molecule has 0 bridgehead atoms. The lowest BCUT2D eigenvalue weighted by molar-refractivity contribution is -0.137. The minimum absolute atomic E-state index is 0.374. The molecule has 7 heteroatoms. The fourth-order valence-corrected chi connectivity index (χ4v) is 1.43. The molecule has 3 nitrogen and oxygen atoms in total. The molecule has 1 aromatic rings. The molecule has 1 rings (SSSR count). The van der Waals surface area contributed by atoms with Gasteiger partial charge in [-0.05, 0) is 12.1 Å². The molecule has 0 heterocycles. The lowest BCUT2D eigenvalue weighted by atomic mass is 10.2. The van der Waals surface area contributed by atoms with Crippen LogP contribution in [0.1, 0.15) is 5.56 Å². The highest BCUT2D eigenvalue weighted by atomic mass is 32.2. The van der Waals surface area contributed by atoms with Crippen LogP contribution < -0.4 is 4.31 Å². The lowest BCUT2D eigenvalue weighted by Crippen LogP contribution is -2.19. The number of benzene rings is 1. The summed E-state index contributed by atoms with van der Waals surface area (Å²) in [5, 5.41) is 0. The van der Waals surface area contributed by atoms with Crippen LogP contribution in [0.15, 0.2) is 24.3 Å². The van der Waals surface area contributed by atoms with Crippen molar-refractivity contribution in [3.05, 3.63) is 29.8 Å². The minimum atomic E-state index is -4.56. The highest BCUT2D eigenvalue weighted by molar-refractivity contribution is 7.74. The van der Waals surface area contributed by atoms with Gasteiger partial charge in [0.25, 0.3) is 0 Å². The van der Waals surface area contributed by atoms with Crippen LogP contribution in [0.4, 0.5) is 18.9 Å². The highest BCUT2D eigenvalue weighted by Gasteiger charge is 2.34. The molecule has 0 unspecified atom stereocenters. The van der Waals surface area contributed by atoms with Gasteiger partial charge in [0.05, 0.1) is 11.3 Å². The number of rotatable bonds is 2. The summed E-state index contributed by atoms with van der Waals surface area (Å²) < 4.78 is 59.1. The number of para-hydroxylation sites is 1. The third kappa shape index (κ3) is 2.62. The SMILES string of the molecule is CN(c1ccccc1C(F)(F)F)[SH](=O)=O. The zero-order valence-corrected chi connectivity index (χ0v) is 8.55. The standard InChI is InChI=1S/C8H8F3NO2S/c1-12(15(13)14)7-5-3-2-4-6(7)8(9,10)11/h2-5,15H,1H3. The number of thiol groups is 1. The molecule has 0 saturated heterocycles. The van der Waals surface area contributed by atoms with E-state index in [0.717, 1.165) is 19.2 Å². The van der Waals surface area contributed by atoms with Gasteiger partial charge in [-0.2, -0.15) is 13.2 Å². The van der Waals surface area contributed by atoms with Gasteiger partial charge >= 0.3 is 6.18 Å². The molecule has 0 atom stereocenters. The van der Waals surface area contributed by atoms with Crippen molar-refractivity contribution in [2.75, 3.05) is 11.4 Å². The van der Waals surface area contributed by atoms with Crippen LogP contribution in [0.3, 0.4) is 0 Å². The predicted octanol–water partition coefficient (Wildman–Crippen LogP) is 1.67. The van der Waals surface area contributed by atoms with Gasteiger partial charge < -0.3 is 0 Å². The Kier molecular flexibility index (Phi) is 3.23. The zero-order valence-electron chi connectivity index (χ0n) is 7.65. The molecule has 1 aromatic carbocycles. The molecular formula is C8H8F3NO2S. The second kappa shape index (κ2) is 4.09. The summed E-state index contributed by atoms with van der Waals surface area (Å²) in [5.41, 5.74) is -1.34. The Bertz CT molecular complexity index is 420. The molecule has 0 spiro atoms. The molecule has 0 aliphatic rings. The predicted molar refractivity (Wildman–Crippen MR) is 50.2 cm³/mol. The van der Waals surface area contributed by atoms with E-state index in [0.29, 0.717) is 4.31 Å². The summed E-state index contributed by atoms with van der Waals surface area (Å²) in [4.78, 5) is 0. The highest BCUT2D eigenvalue weighted by Crippen LogP contribution is 2.35. The summed E-state index contributed by atoms with van der Waals surface area (Å²) in [6.45, 7) is 0. The molecule has 0 aliphatic carbocycles. The first-order chi connectivity index (χ1) is 6.84. The molecule has 84 valence electrons. The minimum Gasteiger partial charge on any atom is -0.275 e. The van der Waals surface area contributed by atoms with Crippen LogP contribution in [0.25, 0.3) is 0 Å². The first-order valence-corrected chi connectivity index (χ1v) is 5.01. The number of hydrogen-bond donors (Lipinski definition) is 1. The van der Waals surface area contributed by atoms with Crippen LogP contribution in [0.5, 0.6) is 0 Å². The van der Waals surface area contributed by atoms with Crippen LogP contribution >= 0.6 is 0 Å². The Morgan fingerprint density at radius 3 is 2.20 bits per heavy atom. The van der Waals surface area contributed by atoms with Crippen molar-refractivity contribution in [2.24, 2.45) is 0 Å². The summed E-state index contributed by atoms with van der Waals surface area (Å²) in [5.74, 6) is 0. The van der Waals surface area contributed by atoms with Gasteiger partial charge in [0.1, 0.15) is 0 Å². The van der Waals surface area contributed by atoms with Crippen molar-refractivity contribution in [3.8, 4) is 0 Å². The Hall–Kier alpha value is -1.24. The van der Waals surface area contributed by atoms with Crippen LogP contribution in [0.2, 0.25) is 0 Å². The molecule has 0 aliphatic heterocycles. The molecule has 0 aromatic heterocycles. The Balaban J connectivity index is 3.30. The van der Waals surface area contributed by atoms with Crippen molar-refractivity contribution >= 4 is 16.6 Å². The monoisotopic (exact) mass is 239 g/mol. The van der Waals surface area contributed by atoms with Gasteiger partial charge in [-0.1, -0.05) is 12.1 Å². The Labute approximate surface area is 86.2 Å². The largest absolute Gasteiger partial charge is 0.418 e. The number of anilines is 1. The van der Waals surface area contributed by atoms with Crippen molar-refractivity contribution in [3.63, 3.8) is 0 Å². The summed E-state index contributed by atoms with van der Waals surface area (Å²) in [6.07, 6.45) is -4.56.